The number of nitrogens with one attached hydrogen (secondary N) is 1. The number of ether oxygens (including phenoxy) is 3. The molecule has 0 aliphatic rings. The molecule has 1 N–H and O–H groups in total. The first kappa shape index (κ1) is 25.7. The van der Waals surface area contributed by atoms with E-state index in [0.29, 0.717) is 45.6 Å². The third-order valence-corrected chi connectivity index (χ3v) is 5.52. The first-order valence-corrected chi connectivity index (χ1v) is 11.7. The number of benzene rings is 4. The van der Waals surface area contributed by atoms with Crippen LogP contribution in [0.25, 0.3) is 0 Å². The van der Waals surface area contributed by atoms with Gasteiger partial charge in [-0.15, -0.1) is 0 Å². The summed E-state index contributed by atoms with van der Waals surface area (Å²) in [6.45, 7) is 0.529. The summed E-state index contributed by atoms with van der Waals surface area (Å²) in [4.78, 5) is 12.7. The molecule has 0 radical (unpaired) electrons. The summed E-state index contributed by atoms with van der Waals surface area (Å²) in [7, 11) is 1.51. The van der Waals surface area contributed by atoms with Gasteiger partial charge in [0.25, 0.3) is 5.91 Å². The SMILES string of the molecule is COc1cc(C(=O)N/N=C/c2cc(Cl)ccc2OCc2cccc(F)c2)ccc1OCc1ccccc1. The molecule has 0 aliphatic carbocycles. The van der Waals surface area contributed by atoms with Gasteiger partial charge in [0.15, 0.2) is 11.5 Å². The topological polar surface area (TPSA) is 69.2 Å². The van der Waals surface area contributed by atoms with E-state index in [1.165, 1.54) is 25.5 Å². The van der Waals surface area contributed by atoms with Crippen LogP contribution in [0.4, 0.5) is 4.39 Å². The number of carbonyl (C=O) groups excluding carboxylic acids is 1. The summed E-state index contributed by atoms with van der Waals surface area (Å²) in [5.74, 6) is 0.650. The molecule has 188 valence electrons. The lowest BCUT2D eigenvalue weighted by Crippen LogP contribution is -2.17. The molecule has 0 unspecified atom stereocenters. The fraction of sp³-hybridized carbons (Fsp3) is 0.103. The summed E-state index contributed by atoms with van der Waals surface area (Å²) in [5.41, 5.74) is 5.07. The lowest BCUT2D eigenvalue weighted by molar-refractivity contribution is 0.0954. The predicted molar refractivity (Wildman–Crippen MR) is 141 cm³/mol. The Labute approximate surface area is 219 Å². The summed E-state index contributed by atoms with van der Waals surface area (Å²) < 4.78 is 30.5. The second kappa shape index (κ2) is 12.6. The van der Waals surface area contributed by atoms with Gasteiger partial charge in [0.1, 0.15) is 24.8 Å². The molecule has 4 aromatic rings. The van der Waals surface area contributed by atoms with Gasteiger partial charge in [0, 0.05) is 16.1 Å². The minimum absolute atomic E-state index is 0.158. The minimum Gasteiger partial charge on any atom is -0.493 e. The predicted octanol–water partition coefficient (Wildman–Crippen LogP) is 6.41. The van der Waals surface area contributed by atoms with E-state index in [2.05, 4.69) is 10.5 Å². The Bertz CT molecular complexity index is 1400. The third-order valence-electron chi connectivity index (χ3n) is 5.29. The van der Waals surface area contributed by atoms with Crippen molar-refractivity contribution in [1.29, 1.82) is 0 Å². The van der Waals surface area contributed by atoms with Gasteiger partial charge < -0.3 is 14.2 Å². The molecule has 4 rings (SSSR count). The first-order valence-electron chi connectivity index (χ1n) is 11.4. The van der Waals surface area contributed by atoms with Gasteiger partial charge >= 0.3 is 0 Å². The van der Waals surface area contributed by atoms with E-state index in [9.17, 15) is 9.18 Å². The average Bonchev–Trinajstić information content (AvgIpc) is 2.92. The lowest BCUT2D eigenvalue weighted by Gasteiger charge is -2.12. The van der Waals surface area contributed by atoms with Crippen molar-refractivity contribution >= 4 is 23.7 Å². The molecule has 0 aliphatic heterocycles. The van der Waals surface area contributed by atoms with Crippen LogP contribution < -0.4 is 19.6 Å². The second-order valence-electron chi connectivity index (χ2n) is 7.94. The second-order valence-corrected chi connectivity index (χ2v) is 8.38. The van der Waals surface area contributed by atoms with Crippen LogP contribution in [0.3, 0.4) is 0 Å². The number of hydrogen-bond donors (Lipinski definition) is 1. The average molecular weight is 519 g/mol. The first-order chi connectivity index (χ1) is 18.0. The van der Waals surface area contributed by atoms with Gasteiger partial charge in [-0.3, -0.25) is 4.79 Å². The Morgan fingerprint density at radius 1 is 0.865 bits per heavy atom. The van der Waals surface area contributed by atoms with Crippen molar-refractivity contribution in [1.82, 2.24) is 5.43 Å². The van der Waals surface area contributed by atoms with E-state index >= 15 is 0 Å². The molecule has 8 heteroatoms. The van der Waals surface area contributed by atoms with Gasteiger partial charge in [0.05, 0.1) is 13.3 Å². The molecule has 6 nitrogen and oxygen atoms in total. The lowest BCUT2D eigenvalue weighted by atomic mass is 10.2. The largest absolute Gasteiger partial charge is 0.493 e. The maximum atomic E-state index is 13.4. The van der Waals surface area contributed by atoms with E-state index < -0.39 is 5.91 Å². The van der Waals surface area contributed by atoms with Crippen molar-refractivity contribution in [3.63, 3.8) is 0 Å². The highest BCUT2D eigenvalue weighted by molar-refractivity contribution is 6.30. The molecule has 0 fully saturated rings. The maximum absolute atomic E-state index is 13.4. The molecule has 0 spiro atoms. The van der Waals surface area contributed by atoms with Gasteiger partial charge in [0.2, 0.25) is 0 Å². The maximum Gasteiger partial charge on any atom is 0.271 e. The van der Waals surface area contributed by atoms with Crippen molar-refractivity contribution in [3.05, 3.63) is 124 Å². The normalized spacial score (nSPS) is 10.8. The Kier molecular flexibility index (Phi) is 8.73. The number of amides is 1. The van der Waals surface area contributed by atoms with Crippen LogP contribution in [-0.4, -0.2) is 19.2 Å². The fourth-order valence-electron chi connectivity index (χ4n) is 3.43. The Morgan fingerprint density at radius 3 is 2.38 bits per heavy atom. The highest BCUT2D eigenvalue weighted by atomic mass is 35.5. The number of halogens is 2. The quantitative estimate of drug-likeness (QED) is 0.194. The zero-order chi connectivity index (χ0) is 26.0. The number of carbonyl (C=O) groups is 1. The van der Waals surface area contributed by atoms with E-state index in [0.717, 1.165) is 5.56 Å². The van der Waals surface area contributed by atoms with Crippen LogP contribution in [0.1, 0.15) is 27.0 Å². The summed E-state index contributed by atoms with van der Waals surface area (Å²) in [6, 6.07) is 25.8. The zero-order valence-corrected chi connectivity index (χ0v) is 20.7. The molecule has 0 bridgehead atoms. The van der Waals surface area contributed by atoms with Crippen molar-refractivity contribution in [2.24, 2.45) is 5.10 Å². The number of rotatable bonds is 10. The molecule has 4 aromatic carbocycles. The molecule has 1 amide bonds. The monoisotopic (exact) mass is 518 g/mol. The van der Waals surface area contributed by atoms with Crippen molar-refractivity contribution in [2.45, 2.75) is 13.2 Å². The Balaban J connectivity index is 1.40. The molecular weight excluding hydrogens is 495 g/mol. The van der Waals surface area contributed by atoms with Crippen LogP contribution in [0, 0.1) is 5.82 Å². The number of methoxy groups -OCH3 is 1. The fourth-order valence-corrected chi connectivity index (χ4v) is 3.61. The highest BCUT2D eigenvalue weighted by Gasteiger charge is 2.11. The van der Waals surface area contributed by atoms with E-state index in [1.807, 2.05) is 30.3 Å². The van der Waals surface area contributed by atoms with Crippen molar-refractivity contribution in [3.8, 4) is 17.2 Å². The van der Waals surface area contributed by atoms with E-state index in [-0.39, 0.29) is 12.4 Å². The van der Waals surface area contributed by atoms with Crippen LogP contribution in [0.5, 0.6) is 17.2 Å². The van der Waals surface area contributed by atoms with Gasteiger partial charge in [-0.2, -0.15) is 5.10 Å². The molecular formula is C29H24ClFN2O4. The molecule has 37 heavy (non-hydrogen) atoms. The van der Waals surface area contributed by atoms with Gasteiger partial charge in [-0.05, 0) is 59.7 Å². The Hall–Kier alpha value is -4.36. The van der Waals surface area contributed by atoms with Crippen LogP contribution >= 0.6 is 11.6 Å². The standard InChI is InChI=1S/C29H24ClFN2O4/c1-35-28-16-22(10-12-27(28)37-18-20-6-3-2-4-7-20)29(34)33-32-17-23-15-24(30)11-13-26(23)36-19-21-8-5-9-25(31)14-21/h2-17H,18-19H2,1H3,(H,33,34)/b32-17+. The summed E-state index contributed by atoms with van der Waals surface area (Å²) in [5, 5.41) is 4.52. The van der Waals surface area contributed by atoms with E-state index in [1.54, 1.807) is 48.5 Å². The zero-order valence-electron chi connectivity index (χ0n) is 20.0. The van der Waals surface area contributed by atoms with Gasteiger partial charge in [-0.1, -0.05) is 54.1 Å². The van der Waals surface area contributed by atoms with Crippen molar-refractivity contribution in [2.75, 3.05) is 7.11 Å². The summed E-state index contributed by atoms with van der Waals surface area (Å²) in [6.07, 6.45) is 1.43. The minimum atomic E-state index is -0.437. The van der Waals surface area contributed by atoms with Crippen molar-refractivity contribution < 1.29 is 23.4 Å². The molecule has 0 aromatic heterocycles. The van der Waals surface area contributed by atoms with Crippen LogP contribution in [-0.2, 0) is 13.2 Å². The summed E-state index contributed by atoms with van der Waals surface area (Å²) >= 11 is 6.13. The van der Waals surface area contributed by atoms with Gasteiger partial charge in [-0.25, -0.2) is 9.82 Å². The van der Waals surface area contributed by atoms with E-state index in [4.69, 9.17) is 25.8 Å². The third kappa shape index (κ3) is 7.32. The number of hydrazone groups is 1. The van der Waals surface area contributed by atoms with Crippen LogP contribution in [0.2, 0.25) is 5.02 Å². The molecule has 0 saturated carbocycles. The highest BCUT2D eigenvalue weighted by Crippen LogP contribution is 2.29. The molecule has 0 heterocycles. The smallest absolute Gasteiger partial charge is 0.271 e. The number of hydrogen-bond acceptors (Lipinski definition) is 5. The molecule has 0 atom stereocenters. The van der Waals surface area contributed by atoms with Crippen LogP contribution in [0.15, 0.2) is 96.1 Å². The molecule has 0 saturated heterocycles. The Morgan fingerprint density at radius 2 is 1.59 bits per heavy atom. The number of nitrogens with zero attached hydrogens (tertiary/aromatic N) is 1.